The highest BCUT2D eigenvalue weighted by atomic mass is 16.6. The molecule has 1 aromatic carbocycles. The Morgan fingerprint density at radius 1 is 1.21 bits per heavy atom. The summed E-state index contributed by atoms with van der Waals surface area (Å²) in [5.41, 5.74) is 7.41. The first-order chi connectivity index (χ1) is 18.1. The molecule has 0 N–H and O–H groups in total. The van der Waals surface area contributed by atoms with Crippen LogP contribution in [0.3, 0.4) is 0 Å². The van der Waals surface area contributed by atoms with E-state index in [1.54, 1.807) is 6.92 Å². The van der Waals surface area contributed by atoms with Crippen LogP contribution in [0.1, 0.15) is 48.8 Å². The Morgan fingerprint density at radius 3 is 2.68 bits per heavy atom. The summed E-state index contributed by atoms with van der Waals surface area (Å²) in [4.78, 5) is 20.7. The van der Waals surface area contributed by atoms with Gasteiger partial charge in [0.1, 0.15) is 19.4 Å². The van der Waals surface area contributed by atoms with Crippen molar-refractivity contribution in [3.05, 3.63) is 64.6 Å². The maximum atomic E-state index is 12.6. The van der Waals surface area contributed by atoms with Crippen LogP contribution in [0.4, 0.5) is 0 Å². The monoisotopic (exact) mass is 520 g/mol. The number of esters is 1. The number of carbonyl (C=O) groups is 1. The number of aliphatic imine (C=N–C) groups is 1. The molecule has 0 saturated carbocycles. The number of carbonyl (C=O) groups excluding carboxylic acids is 1. The minimum absolute atomic E-state index is 0.158. The van der Waals surface area contributed by atoms with E-state index in [4.69, 9.17) is 9.47 Å². The molecule has 1 aliphatic heterocycles. The Kier molecular flexibility index (Phi) is 8.41. The van der Waals surface area contributed by atoms with Crippen LogP contribution >= 0.6 is 0 Å². The van der Waals surface area contributed by atoms with Crippen molar-refractivity contribution in [3.63, 3.8) is 0 Å². The SMILES string of the molecule is CCOC(=O)C(N=C([O-])OC[N+]1(C)CCc2c(c3cc(C)ccc3n2CCc2ccc(C)nc2)C1)C(C)C. The van der Waals surface area contributed by atoms with Gasteiger partial charge in [0.25, 0.3) is 0 Å². The molecule has 0 spiro atoms. The van der Waals surface area contributed by atoms with Gasteiger partial charge in [0, 0.05) is 47.0 Å². The summed E-state index contributed by atoms with van der Waals surface area (Å²) in [5.74, 6) is -0.652. The molecule has 8 heteroatoms. The third-order valence-corrected chi connectivity index (χ3v) is 7.37. The molecule has 0 radical (unpaired) electrons. The number of likely N-dealkylation sites (N-methyl/N-ethyl adjacent to an activating group) is 1. The van der Waals surface area contributed by atoms with Gasteiger partial charge in [0.15, 0.2) is 6.04 Å². The fourth-order valence-electron chi connectivity index (χ4n) is 5.21. The van der Waals surface area contributed by atoms with Crippen molar-refractivity contribution in [2.24, 2.45) is 10.9 Å². The molecule has 3 heterocycles. The summed E-state index contributed by atoms with van der Waals surface area (Å²) in [7, 11) is 2.11. The van der Waals surface area contributed by atoms with Crippen molar-refractivity contribution in [1.29, 1.82) is 0 Å². The molecule has 0 amide bonds. The summed E-state index contributed by atoms with van der Waals surface area (Å²) in [6.07, 6.45) is 3.06. The number of aryl methyl sites for hydroxylation is 4. The molecule has 204 valence electrons. The lowest BCUT2D eigenvalue weighted by Gasteiger charge is -2.40. The first-order valence-electron chi connectivity index (χ1n) is 13.5. The summed E-state index contributed by atoms with van der Waals surface area (Å²) < 4.78 is 13.7. The number of hydrogen-bond donors (Lipinski definition) is 0. The molecule has 2 aromatic heterocycles. The summed E-state index contributed by atoms with van der Waals surface area (Å²) in [6, 6.07) is 10.0. The molecule has 38 heavy (non-hydrogen) atoms. The van der Waals surface area contributed by atoms with Gasteiger partial charge in [0.05, 0.1) is 20.2 Å². The summed E-state index contributed by atoms with van der Waals surface area (Å²) in [6.45, 7) is 12.5. The van der Waals surface area contributed by atoms with Crippen molar-refractivity contribution in [3.8, 4) is 0 Å². The highest BCUT2D eigenvalue weighted by molar-refractivity contribution is 5.86. The van der Waals surface area contributed by atoms with Gasteiger partial charge in [-0.15, -0.1) is 0 Å². The summed E-state index contributed by atoms with van der Waals surface area (Å²) >= 11 is 0. The lowest BCUT2D eigenvalue weighted by atomic mass is 10.0. The molecule has 2 unspecified atom stereocenters. The third kappa shape index (κ3) is 6.18. The average Bonchev–Trinajstić information content (AvgIpc) is 3.17. The fourth-order valence-corrected chi connectivity index (χ4v) is 5.21. The van der Waals surface area contributed by atoms with Gasteiger partial charge in [-0.3, -0.25) is 9.98 Å². The average molecular weight is 521 g/mol. The number of hydrogen-bond acceptors (Lipinski definition) is 6. The zero-order chi connectivity index (χ0) is 27.4. The van der Waals surface area contributed by atoms with Crippen LogP contribution in [-0.2, 0) is 40.2 Å². The quantitative estimate of drug-likeness (QED) is 0.186. The van der Waals surface area contributed by atoms with Crippen molar-refractivity contribution in [2.45, 2.75) is 66.6 Å². The van der Waals surface area contributed by atoms with Crippen LogP contribution < -0.4 is 5.11 Å². The number of ether oxygens (including phenoxy) is 2. The van der Waals surface area contributed by atoms with E-state index in [0.717, 1.165) is 38.2 Å². The van der Waals surface area contributed by atoms with E-state index < -0.39 is 18.1 Å². The normalized spacial score (nSPS) is 18.4. The van der Waals surface area contributed by atoms with Gasteiger partial charge >= 0.3 is 5.97 Å². The first-order valence-corrected chi connectivity index (χ1v) is 13.5. The minimum atomic E-state index is -0.856. The van der Waals surface area contributed by atoms with E-state index in [0.29, 0.717) is 4.48 Å². The van der Waals surface area contributed by atoms with Gasteiger partial charge in [-0.1, -0.05) is 31.5 Å². The molecule has 0 bridgehead atoms. The Labute approximate surface area is 225 Å². The summed E-state index contributed by atoms with van der Waals surface area (Å²) in [5, 5.41) is 13.9. The fraction of sp³-hybridized carbons (Fsp3) is 0.500. The first kappa shape index (κ1) is 27.6. The van der Waals surface area contributed by atoms with E-state index in [1.165, 1.54) is 33.3 Å². The number of benzene rings is 1. The van der Waals surface area contributed by atoms with Crippen molar-refractivity contribution < 1.29 is 23.9 Å². The van der Waals surface area contributed by atoms with Gasteiger partial charge in [-0.2, -0.15) is 0 Å². The van der Waals surface area contributed by atoms with Crippen molar-refractivity contribution >= 4 is 23.0 Å². The topological polar surface area (TPSA) is 88.8 Å². The molecule has 3 aromatic rings. The number of pyridine rings is 1. The second-order valence-electron chi connectivity index (χ2n) is 11.0. The zero-order valence-electron chi connectivity index (χ0n) is 23.5. The maximum absolute atomic E-state index is 12.6. The lowest BCUT2D eigenvalue weighted by Crippen LogP contribution is -2.50. The van der Waals surface area contributed by atoms with Crippen LogP contribution in [-0.4, -0.2) is 59.1 Å². The van der Waals surface area contributed by atoms with Crippen LogP contribution in [0.5, 0.6) is 0 Å². The van der Waals surface area contributed by atoms with Gasteiger partial charge in [0.2, 0.25) is 0 Å². The predicted molar refractivity (Wildman–Crippen MR) is 146 cm³/mol. The number of fused-ring (bicyclic) bond motifs is 3. The molecule has 1 aliphatic rings. The smallest absolute Gasteiger partial charge is 0.331 e. The van der Waals surface area contributed by atoms with E-state index in [2.05, 4.69) is 58.8 Å². The standard InChI is InChI=1S/C30H40N4O4/c1-7-37-29(35)28(20(2)3)32-30(36)38-19-34(6)15-13-27-25(18-34)24-16-21(4)8-11-26(24)33(27)14-12-23-10-9-22(5)31-17-23/h8-11,16-17,20,28H,7,12-15,18-19H2,1-6H3. The number of rotatable bonds is 9. The van der Waals surface area contributed by atoms with E-state index in [9.17, 15) is 9.90 Å². The highest BCUT2D eigenvalue weighted by Gasteiger charge is 2.32. The second kappa shape index (κ2) is 11.6. The Bertz CT molecular complexity index is 1310. The van der Waals surface area contributed by atoms with Crippen molar-refractivity contribution in [1.82, 2.24) is 9.55 Å². The Balaban J connectivity index is 1.53. The third-order valence-electron chi connectivity index (χ3n) is 7.37. The molecule has 2 atom stereocenters. The molecule has 0 aliphatic carbocycles. The molecule has 0 fully saturated rings. The maximum Gasteiger partial charge on any atom is 0.331 e. The van der Waals surface area contributed by atoms with E-state index in [-0.39, 0.29) is 19.3 Å². The zero-order valence-corrected chi connectivity index (χ0v) is 23.5. The minimum Gasteiger partial charge on any atom is -0.553 e. The molecular formula is C30H40N4O4. The molecule has 0 saturated heterocycles. The van der Waals surface area contributed by atoms with Gasteiger partial charge in [-0.25, -0.2) is 4.79 Å². The number of nitrogens with zero attached hydrogens (tertiary/aromatic N) is 4. The molecular weight excluding hydrogens is 480 g/mol. The Hall–Kier alpha value is -3.39. The van der Waals surface area contributed by atoms with E-state index >= 15 is 0 Å². The van der Waals surface area contributed by atoms with Crippen LogP contribution in [0.15, 0.2) is 41.5 Å². The van der Waals surface area contributed by atoms with Crippen LogP contribution in [0.25, 0.3) is 10.9 Å². The van der Waals surface area contributed by atoms with Gasteiger partial charge in [-0.05, 0) is 56.9 Å². The van der Waals surface area contributed by atoms with Crippen LogP contribution in [0, 0.1) is 19.8 Å². The second-order valence-corrected chi connectivity index (χ2v) is 11.0. The van der Waals surface area contributed by atoms with E-state index in [1.807, 2.05) is 27.0 Å². The molecule has 4 rings (SSSR count). The number of aromatic nitrogens is 2. The van der Waals surface area contributed by atoms with Crippen LogP contribution in [0.2, 0.25) is 0 Å². The largest absolute Gasteiger partial charge is 0.553 e. The highest BCUT2D eigenvalue weighted by Crippen LogP contribution is 2.34. The predicted octanol–water partition coefficient (Wildman–Crippen LogP) is 3.68. The lowest BCUT2D eigenvalue weighted by molar-refractivity contribution is -0.940. The van der Waals surface area contributed by atoms with Crippen molar-refractivity contribution in [2.75, 3.05) is 26.9 Å². The molecule has 8 nitrogen and oxygen atoms in total. The Morgan fingerprint density at radius 2 is 2.00 bits per heavy atom. The van der Waals surface area contributed by atoms with Gasteiger partial charge < -0.3 is 23.6 Å². The number of quaternary nitrogens is 1.